The van der Waals surface area contributed by atoms with Crippen molar-refractivity contribution in [3.8, 4) is 5.75 Å². The Morgan fingerprint density at radius 3 is 2.58 bits per heavy atom. The molecule has 2 atom stereocenters. The van der Waals surface area contributed by atoms with Gasteiger partial charge in [0.05, 0.1) is 10.5 Å². The van der Waals surface area contributed by atoms with Crippen molar-refractivity contribution in [3.63, 3.8) is 0 Å². The summed E-state index contributed by atoms with van der Waals surface area (Å²) < 4.78 is 71.0. The van der Waals surface area contributed by atoms with Crippen LogP contribution in [0.3, 0.4) is 0 Å². The van der Waals surface area contributed by atoms with E-state index in [1.54, 1.807) is 0 Å². The molecular formula is C15H14F3NO4S. The lowest BCUT2D eigenvalue weighted by molar-refractivity contribution is 0.0592. The van der Waals surface area contributed by atoms with Gasteiger partial charge >= 0.3 is 0 Å². The van der Waals surface area contributed by atoms with Crippen LogP contribution in [0.4, 0.5) is 13.2 Å². The third-order valence-corrected chi connectivity index (χ3v) is 6.77. The first-order valence-electron chi connectivity index (χ1n) is 7.15. The summed E-state index contributed by atoms with van der Waals surface area (Å²) in [5, 5.41) is 6.90. The van der Waals surface area contributed by atoms with Crippen LogP contribution in [0.15, 0.2) is 17.0 Å². The number of aliphatic hydroxyl groups excluding tert-OH is 1. The summed E-state index contributed by atoms with van der Waals surface area (Å²) in [5.74, 6) is -0.342. The third-order valence-electron chi connectivity index (χ3n) is 4.56. The zero-order valence-corrected chi connectivity index (χ0v) is 13.4. The van der Waals surface area contributed by atoms with Crippen molar-refractivity contribution >= 4 is 9.84 Å². The van der Waals surface area contributed by atoms with Gasteiger partial charge in [-0.15, -0.1) is 0 Å². The van der Waals surface area contributed by atoms with E-state index in [4.69, 9.17) is 11.3 Å². The van der Waals surface area contributed by atoms with Gasteiger partial charge in [-0.25, -0.2) is 28.2 Å². The molecule has 2 aliphatic rings. The smallest absolute Gasteiger partial charge is 0.267 e. The van der Waals surface area contributed by atoms with E-state index in [-0.39, 0.29) is 12.4 Å². The van der Waals surface area contributed by atoms with Gasteiger partial charge in [-0.3, -0.25) is 0 Å². The quantitative estimate of drug-likeness (QED) is 0.838. The second-order valence-electron chi connectivity index (χ2n) is 6.21. The Morgan fingerprint density at radius 2 is 2.08 bits per heavy atom. The summed E-state index contributed by atoms with van der Waals surface area (Å²) in [6, 6.07) is 1.98. The van der Waals surface area contributed by atoms with Crippen molar-refractivity contribution in [2.24, 2.45) is 0 Å². The van der Waals surface area contributed by atoms with Crippen LogP contribution in [0.1, 0.15) is 43.4 Å². The molecule has 0 amide bonds. The van der Waals surface area contributed by atoms with E-state index in [2.05, 4.69) is 4.85 Å². The van der Waals surface area contributed by atoms with Crippen molar-refractivity contribution in [3.05, 3.63) is 34.7 Å². The average Bonchev–Trinajstić information content (AvgIpc) is 3.28. The predicted octanol–water partition coefficient (Wildman–Crippen LogP) is 2.96. The lowest BCUT2D eigenvalue weighted by Crippen LogP contribution is -2.30. The molecule has 9 heteroatoms. The number of hydrogen-bond acceptors (Lipinski definition) is 4. The summed E-state index contributed by atoms with van der Waals surface area (Å²) in [5.41, 5.74) is -2.25. The number of fused-ring (bicyclic) bond motifs is 1. The number of nitrogens with zero attached hydrogens (tertiary/aromatic N) is 1. The van der Waals surface area contributed by atoms with Crippen LogP contribution >= 0.6 is 0 Å². The zero-order valence-electron chi connectivity index (χ0n) is 12.6. The largest absolute Gasteiger partial charge is 0.485 e. The van der Waals surface area contributed by atoms with Crippen LogP contribution in [0.5, 0.6) is 5.75 Å². The molecule has 0 spiro atoms. The fourth-order valence-corrected chi connectivity index (χ4v) is 4.33. The lowest BCUT2D eigenvalue weighted by Gasteiger charge is -2.19. The maximum Gasteiger partial charge on any atom is 0.267 e. The van der Waals surface area contributed by atoms with Gasteiger partial charge in [-0.05, 0) is 19.1 Å². The number of sulfone groups is 1. The van der Waals surface area contributed by atoms with Crippen LogP contribution in [-0.4, -0.2) is 30.7 Å². The molecule has 0 saturated heterocycles. The highest BCUT2D eigenvalue weighted by atomic mass is 32.2. The zero-order chi connectivity index (χ0) is 17.9. The van der Waals surface area contributed by atoms with Gasteiger partial charge in [0.1, 0.15) is 11.9 Å². The molecule has 0 aromatic heterocycles. The number of rotatable bonds is 4. The minimum atomic E-state index is -4.60. The first-order valence-corrected chi connectivity index (χ1v) is 8.64. The Morgan fingerprint density at radius 1 is 1.46 bits per heavy atom. The fourth-order valence-electron chi connectivity index (χ4n) is 2.73. The standard InChI is InChI=1S/C15H14F3NO4S/c1-14(18)12(20)11-9(24(14,21)22)4-3-8(10(11)13(16)17)23-7-15(19-2)5-6-15/h3-4,12-13,20H,5-7H2,1H3. The molecule has 1 aliphatic heterocycles. The van der Waals surface area contributed by atoms with Crippen molar-refractivity contribution in [1.29, 1.82) is 0 Å². The van der Waals surface area contributed by atoms with Crippen molar-refractivity contribution in [1.82, 2.24) is 0 Å². The number of benzene rings is 1. The van der Waals surface area contributed by atoms with E-state index in [0.717, 1.165) is 12.1 Å². The molecule has 1 heterocycles. The molecule has 0 radical (unpaired) electrons. The maximum atomic E-state index is 14.4. The highest BCUT2D eigenvalue weighted by Gasteiger charge is 2.58. The molecule has 1 saturated carbocycles. The molecule has 130 valence electrons. The summed E-state index contributed by atoms with van der Waals surface area (Å²) in [6.07, 6.45) is -4.23. The third kappa shape index (κ3) is 2.20. The molecule has 1 aliphatic carbocycles. The topological polar surface area (TPSA) is 68.0 Å². The van der Waals surface area contributed by atoms with E-state index in [1.807, 2.05) is 0 Å². The summed E-state index contributed by atoms with van der Waals surface area (Å²) in [4.78, 5) is 2.73. The molecule has 1 aromatic rings. The van der Waals surface area contributed by atoms with Gasteiger partial charge in [-0.2, -0.15) is 0 Å². The van der Waals surface area contributed by atoms with Crippen LogP contribution in [0.25, 0.3) is 4.85 Å². The number of halogens is 3. The summed E-state index contributed by atoms with van der Waals surface area (Å²) >= 11 is 0. The highest BCUT2D eigenvalue weighted by molar-refractivity contribution is 7.93. The summed E-state index contributed by atoms with van der Waals surface area (Å²) in [6.45, 7) is 7.58. The van der Waals surface area contributed by atoms with E-state index in [9.17, 15) is 26.7 Å². The molecule has 1 fully saturated rings. The number of ether oxygens (including phenoxy) is 1. The highest BCUT2D eigenvalue weighted by Crippen LogP contribution is 2.53. The molecule has 2 unspecified atom stereocenters. The Balaban J connectivity index is 2.10. The first-order chi connectivity index (χ1) is 11.1. The van der Waals surface area contributed by atoms with E-state index >= 15 is 0 Å². The number of alkyl halides is 3. The number of hydrogen-bond donors (Lipinski definition) is 1. The van der Waals surface area contributed by atoms with Gasteiger partial charge in [0.15, 0.2) is 6.61 Å². The van der Waals surface area contributed by atoms with Crippen molar-refractivity contribution < 1.29 is 31.4 Å². The van der Waals surface area contributed by atoms with E-state index in [1.165, 1.54) is 0 Å². The van der Waals surface area contributed by atoms with Gasteiger partial charge in [0.25, 0.3) is 12.0 Å². The first kappa shape index (κ1) is 17.0. The van der Waals surface area contributed by atoms with Crippen LogP contribution in [0, 0.1) is 6.57 Å². The van der Waals surface area contributed by atoms with E-state index in [0.29, 0.717) is 19.8 Å². The Bertz CT molecular complexity index is 841. The molecule has 0 bridgehead atoms. The Labute approximate surface area is 136 Å². The Kier molecular flexibility index (Phi) is 3.62. The molecule has 5 nitrogen and oxygen atoms in total. The number of aliphatic hydroxyl groups is 1. The molecule has 24 heavy (non-hydrogen) atoms. The minimum Gasteiger partial charge on any atom is -0.485 e. The fraction of sp³-hybridized carbons (Fsp3) is 0.533. The second kappa shape index (κ2) is 5.10. The van der Waals surface area contributed by atoms with Crippen LogP contribution < -0.4 is 4.74 Å². The van der Waals surface area contributed by atoms with Gasteiger partial charge < -0.3 is 14.7 Å². The van der Waals surface area contributed by atoms with Crippen LogP contribution in [0.2, 0.25) is 0 Å². The van der Waals surface area contributed by atoms with Gasteiger partial charge in [-0.1, -0.05) is 0 Å². The van der Waals surface area contributed by atoms with E-state index < -0.39 is 48.9 Å². The van der Waals surface area contributed by atoms with Gasteiger partial charge in [0, 0.05) is 18.4 Å². The minimum absolute atomic E-state index is 0.120. The SMILES string of the molecule is [C-]#[N+]C1(COc2ccc3c(c2C(F)F)C(O)C(C)(F)S3(=O)=O)CC1. The normalized spacial score (nSPS) is 29.1. The molecule has 3 rings (SSSR count). The monoisotopic (exact) mass is 361 g/mol. The van der Waals surface area contributed by atoms with Crippen LogP contribution in [-0.2, 0) is 9.84 Å². The van der Waals surface area contributed by atoms with Crippen molar-refractivity contribution in [2.75, 3.05) is 6.61 Å². The lowest BCUT2D eigenvalue weighted by atomic mass is 9.99. The molecular weight excluding hydrogens is 347 g/mol. The van der Waals surface area contributed by atoms with Crippen molar-refractivity contribution in [2.45, 2.75) is 47.7 Å². The second-order valence-corrected chi connectivity index (χ2v) is 8.45. The molecule has 1 aromatic carbocycles. The Hall–Kier alpha value is -1.79. The maximum absolute atomic E-state index is 14.4. The molecule has 1 N–H and O–H groups in total. The summed E-state index contributed by atoms with van der Waals surface area (Å²) in [7, 11) is -4.60. The van der Waals surface area contributed by atoms with Gasteiger partial charge in [0.2, 0.25) is 14.8 Å². The predicted molar refractivity (Wildman–Crippen MR) is 77.1 cm³/mol. The average molecular weight is 361 g/mol.